The lowest BCUT2D eigenvalue weighted by atomic mass is 10.1. The molecule has 244 valence electrons. The van der Waals surface area contributed by atoms with E-state index in [0.717, 1.165) is 30.0 Å². The molecule has 0 unspecified atom stereocenters. The molecular weight excluding hydrogens is 606 g/mol. The highest BCUT2D eigenvalue weighted by molar-refractivity contribution is 7.85. The van der Waals surface area contributed by atoms with Crippen LogP contribution in [0, 0.1) is 0 Å². The molecule has 5 rings (SSSR count). The highest BCUT2D eigenvalue weighted by Gasteiger charge is 2.26. The SMILES string of the molecule is C=C/C=C\C(=O)Nc1cc(Nc2nccc(-c3cn(C4CC4)c4ccccc34)n2)c(OC)cc1N(C)CCN(C)C.CS(=O)(=O)O. The lowest BCUT2D eigenvalue weighted by Gasteiger charge is -2.26. The maximum Gasteiger partial charge on any atom is 0.261 e. The van der Waals surface area contributed by atoms with Gasteiger partial charge in [-0.3, -0.25) is 9.35 Å². The number of ether oxygens (including phenoxy) is 1. The van der Waals surface area contributed by atoms with E-state index in [1.54, 1.807) is 25.5 Å². The van der Waals surface area contributed by atoms with Gasteiger partial charge in [-0.25, -0.2) is 9.97 Å². The Bertz CT molecular complexity index is 1820. The van der Waals surface area contributed by atoms with Crippen molar-refractivity contribution in [1.29, 1.82) is 0 Å². The van der Waals surface area contributed by atoms with Crippen molar-refractivity contribution in [1.82, 2.24) is 19.4 Å². The molecule has 1 saturated carbocycles. The zero-order valence-corrected chi connectivity index (χ0v) is 27.6. The van der Waals surface area contributed by atoms with Crippen molar-refractivity contribution in [2.24, 2.45) is 0 Å². The number of aromatic nitrogens is 3. The molecule has 2 heterocycles. The number of amides is 1. The molecule has 3 N–H and O–H groups in total. The highest BCUT2D eigenvalue weighted by atomic mass is 32.2. The topological polar surface area (TPSA) is 142 Å². The zero-order chi connectivity index (χ0) is 33.4. The predicted molar refractivity (Wildman–Crippen MR) is 185 cm³/mol. The first kappa shape index (κ1) is 34.2. The third-order valence-electron chi connectivity index (χ3n) is 7.11. The van der Waals surface area contributed by atoms with E-state index in [1.807, 2.05) is 39.3 Å². The van der Waals surface area contributed by atoms with Gasteiger partial charge >= 0.3 is 0 Å². The van der Waals surface area contributed by atoms with Crippen molar-refractivity contribution >= 4 is 49.9 Å². The van der Waals surface area contributed by atoms with E-state index in [9.17, 15) is 13.2 Å². The van der Waals surface area contributed by atoms with Gasteiger partial charge in [-0.05, 0) is 45.1 Å². The minimum absolute atomic E-state index is 0.256. The normalized spacial score (nSPS) is 12.9. The minimum atomic E-state index is -3.67. The van der Waals surface area contributed by atoms with Crippen LogP contribution < -0.4 is 20.3 Å². The second-order valence-electron chi connectivity index (χ2n) is 11.2. The standard InChI is InChI=1S/C32H37N7O2.CH4O3S/c1-6-7-12-31(40)34-26-19-27(30(41-5)20-29(26)38(4)18-17-37(2)3)36-32-33-16-15-25(35-32)24-21-39(22-13-14-22)28-11-9-8-10-23(24)28;1-5(2,3)4/h6-12,15-16,19-22H,1,13-14,17-18H2,2-5H3,(H,34,40)(H,33,35,36);1H3,(H,2,3,4)/b12-7-;. The van der Waals surface area contributed by atoms with Gasteiger partial charge in [0.15, 0.2) is 0 Å². The Morgan fingerprint density at radius 3 is 2.52 bits per heavy atom. The molecule has 0 aliphatic heterocycles. The van der Waals surface area contributed by atoms with Crippen molar-refractivity contribution < 1.29 is 22.5 Å². The first-order chi connectivity index (χ1) is 21.9. The van der Waals surface area contributed by atoms with E-state index in [1.165, 1.54) is 29.8 Å². The number of fused-ring (bicyclic) bond motifs is 1. The van der Waals surface area contributed by atoms with Gasteiger partial charge in [-0.15, -0.1) is 0 Å². The summed E-state index contributed by atoms with van der Waals surface area (Å²) in [5, 5.41) is 7.50. The number of nitrogens with zero attached hydrogens (tertiary/aromatic N) is 5. The van der Waals surface area contributed by atoms with Crippen LogP contribution in [0.5, 0.6) is 5.75 Å². The number of benzene rings is 2. The number of likely N-dealkylation sites (N-methyl/N-ethyl adjacent to an activating group) is 2. The highest BCUT2D eigenvalue weighted by Crippen LogP contribution is 2.41. The Morgan fingerprint density at radius 1 is 1.15 bits per heavy atom. The van der Waals surface area contributed by atoms with Crippen molar-refractivity contribution in [2.75, 3.05) is 63.1 Å². The van der Waals surface area contributed by atoms with Gasteiger partial charge in [0, 0.05) is 67.2 Å². The molecule has 1 fully saturated rings. The molecular formula is C33H41N7O5S. The van der Waals surface area contributed by atoms with Gasteiger partial charge < -0.3 is 29.7 Å². The molecule has 0 spiro atoms. The molecule has 0 radical (unpaired) electrons. The van der Waals surface area contributed by atoms with Gasteiger partial charge in [0.05, 0.1) is 36.1 Å². The molecule has 13 heteroatoms. The number of hydrogen-bond donors (Lipinski definition) is 3. The van der Waals surface area contributed by atoms with Crippen LogP contribution in [0.15, 0.2) is 79.7 Å². The summed E-state index contributed by atoms with van der Waals surface area (Å²) < 4.78 is 34.0. The first-order valence-electron chi connectivity index (χ1n) is 14.7. The quantitative estimate of drug-likeness (QED) is 0.104. The van der Waals surface area contributed by atoms with Gasteiger partial charge in [0.2, 0.25) is 11.9 Å². The monoisotopic (exact) mass is 647 g/mol. The second-order valence-corrected chi connectivity index (χ2v) is 12.7. The predicted octanol–water partition coefficient (Wildman–Crippen LogP) is 5.37. The molecule has 1 amide bonds. The molecule has 0 bridgehead atoms. The van der Waals surface area contributed by atoms with Crippen molar-refractivity contribution in [3.05, 3.63) is 79.7 Å². The number of methoxy groups -OCH3 is 1. The maximum absolute atomic E-state index is 12.6. The zero-order valence-electron chi connectivity index (χ0n) is 26.8. The summed E-state index contributed by atoms with van der Waals surface area (Å²) in [6.07, 6.45) is 11.7. The number of anilines is 4. The van der Waals surface area contributed by atoms with Gasteiger partial charge in [-0.2, -0.15) is 8.42 Å². The Kier molecular flexibility index (Phi) is 11.2. The van der Waals surface area contributed by atoms with Crippen LogP contribution in [0.2, 0.25) is 0 Å². The molecule has 2 aromatic heterocycles. The summed E-state index contributed by atoms with van der Waals surface area (Å²) in [7, 11) is 4.01. The lowest BCUT2D eigenvalue weighted by Crippen LogP contribution is -2.29. The Morgan fingerprint density at radius 2 is 1.87 bits per heavy atom. The number of hydrogen-bond acceptors (Lipinski definition) is 9. The van der Waals surface area contributed by atoms with Crippen LogP contribution in [0.4, 0.5) is 23.0 Å². The molecule has 1 aliphatic carbocycles. The van der Waals surface area contributed by atoms with E-state index in [0.29, 0.717) is 35.4 Å². The molecule has 0 saturated heterocycles. The Labute approximate surface area is 270 Å². The molecule has 2 aromatic carbocycles. The molecule has 12 nitrogen and oxygen atoms in total. The van der Waals surface area contributed by atoms with E-state index < -0.39 is 10.1 Å². The van der Waals surface area contributed by atoms with Crippen LogP contribution in [-0.4, -0.2) is 85.9 Å². The molecule has 1 aliphatic rings. The number of carbonyl (C=O) groups is 1. The first-order valence-corrected chi connectivity index (χ1v) is 16.5. The van der Waals surface area contributed by atoms with Crippen LogP contribution in [0.3, 0.4) is 0 Å². The summed E-state index contributed by atoms with van der Waals surface area (Å²) >= 11 is 0. The fourth-order valence-corrected chi connectivity index (χ4v) is 4.80. The average molecular weight is 648 g/mol. The average Bonchev–Trinajstić information content (AvgIpc) is 3.78. The third kappa shape index (κ3) is 9.39. The Balaban J connectivity index is 0.000000892. The number of para-hydroxylation sites is 1. The summed E-state index contributed by atoms with van der Waals surface area (Å²) in [5.41, 5.74) is 5.23. The van der Waals surface area contributed by atoms with E-state index in [-0.39, 0.29) is 5.91 Å². The van der Waals surface area contributed by atoms with Gasteiger partial charge in [0.25, 0.3) is 10.1 Å². The fraction of sp³-hybridized carbons (Fsp3) is 0.303. The summed E-state index contributed by atoms with van der Waals surface area (Å²) in [5.74, 6) is 0.783. The van der Waals surface area contributed by atoms with Crippen LogP contribution in [0.1, 0.15) is 18.9 Å². The lowest BCUT2D eigenvalue weighted by molar-refractivity contribution is -0.111. The van der Waals surface area contributed by atoms with Gasteiger partial charge in [0.1, 0.15) is 5.75 Å². The summed E-state index contributed by atoms with van der Waals surface area (Å²) in [6, 6.07) is 14.7. The van der Waals surface area contributed by atoms with Crippen LogP contribution in [-0.2, 0) is 14.9 Å². The number of nitrogens with one attached hydrogen (secondary N) is 2. The fourth-order valence-electron chi connectivity index (χ4n) is 4.80. The molecule has 0 atom stereocenters. The van der Waals surface area contributed by atoms with E-state index >= 15 is 0 Å². The van der Waals surface area contributed by atoms with Crippen LogP contribution >= 0.6 is 0 Å². The summed E-state index contributed by atoms with van der Waals surface area (Å²) in [6.45, 7) is 5.25. The molecule has 46 heavy (non-hydrogen) atoms. The summed E-state index contributed by atoms with van der Waals surface area (Å²) in [4.78, 5) is 26.2. The largest absolute Gasteiger partial charge is 0.494 e. The maximum atomic E-state index is 12.6. The number of allylic oxidation sites excluding steroid dienone is 2. The number of rotatable bonds is 12. The second kappa shape index (κ2) is 15.0. The van der Waals surface area contributed by atoms with E-state index in [4.69, 9.17) is 14.3 Å². The molecule has 4 aromatic rings. The number of carbonyl (C=O) groups excluding carboxylic acids is 1. The van der Waals surface area contributed by atoms with E-state index in [2.05, 4.69) is 67.0 Å². The smallest absolute Gasteiger partial charge is 0.261 e. The Hall–Kier alpha value is -4.72. The van der Waals surface area contributed by atoms with Crippen molar-refractivity contribution in [3.63, 3.8) is 0 Å². The van der Waals surface area contributed by atoms with Crippen molar-refractivity contribution in [2.45, 2.75) is 18.9 Å². The van der Waals surface area contributed by atoms with Crippen LogP contribution in [0.25, 0.3) is 22.2 Å². The van der Waals surface area contributed by atoms with Crippen molar-refractivity contribution in [3.8, 4) is 17.0 Å². The minimum Gasteiger partial charge on any atom is -0.494 e. The van der Waals surface area contributed by atoms with Gasteiger partial charge in [-0.1, -0.05) is 36.9 Å². The third-order valence-corrected chi connectivity index (χ3v) is 7.11.